The van der Waals surface area contributed by atoms with Gasteiger partial charge in [-0.1, -0.05) is 6.92 Å². The zero-order chi connectivity index (χ0) is 9.53. The lowest BCUT2D eigenvalue weighted by molar-refractivity contribution is -0.489. The molecule has 0 aromatic carbocycles. The first kappa shape index (κ1) is 9.40. The van der Waals surface area contributed by atoms with Gasteiger partial charge in [-0.05, 0) is 13.3 Å². The zero-order valence-corrected chi connectivity index (χ0v) is 8.08. The van der Waals surface area contributed by atoms with Crippen LogP contribution in [0.3, 0.4) is 0 Å². The van der Waals surface area contributed by atoms with Gasteiger partial charge in [-0.3, -0.25) is 0 Å². The molecule has 3 aliphatic rings. The fourth-order valence-electron chi connectivity index (χ4n) is 1.68. The largest absolute Gasteiger partial charge is 0.385 e. The molecule has 1 atom stereocenters. The monoisotopic (exact) mass is 188 g/mol. The lowest BCUT2D eigenvalue weighted by atomic mass is 9.86. The molecule has 13 heavy (non-hydrogen) atoms. The Hall–Kier alpha value is -0.160. The molecule has 0 saturated carbocycles. The SMILES string of the molecule is CCC12COC(C(C)O)(OC1)OC2. The second-order valence-electron chi connectivity index (χ2n) is 4.00. The van der Waals surface area contributed by atoms with Crippen LogP contribution < -0.4 is 0 Å². The molecule has 0 aliphatic carbocycles. The summed E-state index contributed by atoms with van der Waals surface area (Å²) in [6, 6.07) is 0. The lowest BCUT2D eigenvalue weighted by Crippen LogP contribution is -2.63. The summed E-state index contributed by atoms with van der Waals surface area (Å²) in [6.07, 6.45) is 0.228. The summed E-state index contributed by atoms with van der Waals surface area (Å²) in [4.78, 5) is 0. The summed E-state index contributed by atoms with van der Waals surface area (Å²) in [5.74, 6) is -1.18. The average Bonchev–Trinajstić information content (AvgIpc) is 2.20. The summed E-state index contributed by atoms with van der Waals surface area (Å²) in [5.41, 5.74) is 0.0106. The molecular formula is C9H16O4. The molecule has 3 rings (SSSR count). The fourth-order valence-corrected chi connectivity index (χ4v) is 1.68. The molecule has 3 aliphatic heterocycles. The zero-order valence-electron chi connectivity index (χ0n) is 8.08. The number of fused-ring (bicyclic) bond motifs is 3. The van der Waals surface area contributed by atoms with Crippen molar-refractivity contribution in [1.29, 1.82) is 0 Å². The van der Waals surface area contributed by atoms with E-state index in [0.717, 1.165) is 6.42 Å². The number of hydrogen-bond donors (Lipinski definition) is 1. The molecule has 2 bridgehead atoms. The van der Waals surface area contributed by atoms with Crippen molar-refractivity contribution in [3.05, 3.63) is 0 Å². The number of aliphatic hydroxyl groups excluding tert-OH is 1. The summed E-state index contributed by atoms with van der Waals surface area (Å²) >= 11 is 0. The molecule has 1 unspecified atom stereocenters. The minimum absolute atomic E-state index is 0.0106. The Labute approximate surface area is 77.8 Å². The third-order valence-electron chi connectivity index (χ3n) is 3.00. The van der Waals surface area contributed by atoms with Gasteiger partial charge in [-0.15, -0.1) is 0 Å². The van der Waals surface area contributed by atoms with Gasteiger partial charge in [-0.2, -0.15) is 0 Å². The van der Waals surface area contributed by atoms with Crippen molar-refractivity contribution in [2.24, 2.45) is 5.41 Å². The first-order chi connectivity index (χ1) is 6.13. The Kier molecular flexibility index (Phi) is 2.11. The Balaban J connectivity index is 2.11. The van der Waals surface area contributed by atoms with Gasteiger partial charge in [0.05, 0.1) is 19.8 Å². The second-order valence-corrected chi connectivity index (χ2v) is 4.00. The summed E-state index contributed by atoms with van der Waals surface area (Å²) in [6.45, 7) is 5.57. The Morgan fingerprint density at radius 1 is 1.23 bits per heavy atom. The highest BCUT2D eigenvalue weighted by Gasteiger charge is 2.54. The fraction of sp³-hybridized carbons (Fsp3) is 1.00. The standard InChI is InChI=1S/C9H16O4/c1-3-8-4-11-9(7(2)10,12-5-8)13-6-8/h7,10H,3-6H2,1-2H3. The van der Waals surface area contributed by atoms with E-state index < -0.39 is 12.1 Å². The van der Waals surface area contributed by atoms with Crippen LogP contribution in [0.4, 0.5) is 0 Å². The maximum absolute atomic E-state index is 9.43. The van der Waals surface area contributed by atoms with Crippen LogP contribution in [0.15, 0.2) is 0 Å². The average molecular weight is 188 g/mol. The van der Waals surface area contributed by atoms with Gasteiger partial charge in [0.15, 0.2) is 0 Å². The summed E-state index contributed by atoms with van der Waals surface area (Å²) in [7, 11) is 0. The Morgan fingerprint density at radius 2 is 1.69 bits per heavy atom. The molecule has 0 spiro atoms. The van der Waals surface area contributed by atoms with Gasteiger partial charge in [0, 0.05) is 5.41 Å². The van der Waals surface area contributed by atoms with E-state index in [0.29, 0.717) is 19.8 Å². The first-order valence-corrected chi connectivity index (χ1v) is 4.72. The molecule has 0 aromatic heterocycles. The molecule has 1 N–H and O–H groups in total. The van der Waals surface area contributed by atoms with Crippen molar-refractivity contribution in [1.82, 2.24) is 0 Å². The molecule has 0 radical (unpaired) electrons. The van der Waals surface area contributed by atoms with Gasteiger partial charge in [-0.25, -0.2) is 0 Å². The Morgan fingerprint density at radius 3 is 2.00 bits per heavy atom. The number of ether oxygens (including phenoxy) is 3. The van der Waals surface area contributed by atoms with Crippen LogP contribution in [0.5, 0.6) is 0 Å². The third-order valence-corrected chi connectivity index (χ3v) is 3.00. The summed E-state index contributed by atoms with van der Waals surface area (Å²) < 4.78 is 16.3. The van der Waals surface area contributed by atoms with E-state index in [2.05, 4.69) is 6.92 Å². The molecule has 3 heterocycles. The van der Waals surface area contributed by atoms with Gasteiger partial charge >= 0.3 is 5.97 Å². The minimum Gasteiger partial charge on any atom is -0.385 e. The molecule has 3 saturated heterocycles. The third kappa shape index (κ3) is 1.29. The van der Waals surface area contributed by atoms with Crippen molar-refractivity contribution in [2.45, 2.75) is 32.3 Å². The second kappa shape index (κ2) is 2.92. The van der Waals surface area contributed by atoms with Crippen LogP contribution in [-0.4, -0.2) is 37.0 Å². The van der Waals surface area contributed by atoms with Gasteiger partial charge in [0.25, 0.3) is 0 Å². The topological polar surface area (TPSA) is 47.9 Å². The quantitative estimate of drug-likeness (QED) is 0.685. The number of hydrogen-bond acceptors (Lipinski definition) is 4. The normalized spacial score (nSPS) is 46.4. The van der Waals surface area contributed by atoms with Gasteiger partial charge < -0.3 is 19.3 Å². The van der Waals surface area contributed by atoms with Crippen molar-refractivity contribution < 1.29 is 19.3 Å². The molecule has 0 aromatic rings. The smallest absolute Gasteiger partial charge is 0.310 e. The van der Waals surface area contributed by atoms with Gasteiger partial charge in [0.1, 0.15) is 6.10 Å². The minimum atomic E-state index is -1.18. The Bertz CT molecular complexity index is 177. The van der Waals surface area contributed by atoms with Crippen molar-refractivity contribution in [3.8, 4) is 0 Å². The number of aliphatic hydroxyl groups is 1. The van der Waals surface area contributed by atoms with Crippen LogP contribution in [-0.2, 0) is 14.2 Å². The highest BCUT2D eigenvalue weighted by Crippen LogP contribution is 2.41. The van der Waals surface area contributed by atoms with Crippen molar-refractivity contribution >= 4 is 0 Å². The first-order valence-electron chi connectivity index (χ1n) is 4.72. The van der Waals surface area contributed by atoms with E-state index in [9.17, 15) is 5.11 Å². The molecule has 76 valence electrons. The van der Waals surface area contributed by atoms with Gasteiger partial charge in [0.2, 0.25) is 0 Å². The molecule has 4 heteroatoms. The lowest BCUT2D eigenvalue weighted by Gasteiger charge is -2.52. The van der Waals surface area contributed by atoms with E-state index in [1.165, 1.54) is 0 Å². The van der Waals surface area contributed by atoms with E-state index in [-0.39, 0.29) is 5.41 Å². The highest BCUT2D eigenvalue weighted by atomic mass is 16.9. The van der Waals surface area contributed by atoms with Crippen LogP contribution in [0.2, 0.25) is 0 Å². The molecule has 3 fully saturated rings. The van der Waals surface area contributed by atoms with Crippen LogP contribution in [0.1, 0.15) is 20.3 Å². The van der Waals surface area contributed by atoms with Crippen molar-refractivity contribution in [3.63, 3.8) is 0 Å². The predicted octanol–water partition coefficient (Wildman–Crippen LogP) is 0.494. The molecular weight excluding hydrogens is 172 g/mol. The van der Waals surface area contributed by atoms with Crippen LogP contribution in [0, 0.1) is 5.41 Å². The van der Waals surface area contributed by atoms with E-state index in [1.807, 2.05) is 0 Å². The van der Waals surface area contributed by atoms with E-state index >= 15 is 0 Å². The van der Waals surface area contributed by atoms with Crippen LogP contribution in [0.25, 0.3) is 0 Å². The number of rotatable bonds is 2. The van der Waals surface area contributed by atoms with Crippen LogP contribution >= 0.6 is 0 Å². The van der Waals surface area contributed by atoms with E-state index in [4.69, 9.17) is 14.2 Å². The van der Waals surface area contributed by atoms with E-state index in [1.54, 1.807) is 6.92 Å². The molecule has 4 nitrogen and oxygen atoms in total. The molecule has 0 amide bonds. The predicted molar refractivity (Wildman–Crippen MR) is 45.0 cm³/mol. The maximum Gasteiger partial charge on any atom is 0.310 e. The highest BCUT2D eigenvalue weighted by molar-refractivity contribution is 4.88. The van der Waals surface area contributed by atoms with Crippen molar-refractivity contribution in [2.75, 3.05) is 19.8 Å². The summed E-state index contributed by atoms with van der Waals surface area (Å²) in [5, 5.41) is 9.43. The maximum atomic E-state index is 9.43.